The highest BCUT2D eigenvalue weighted by molar-refractivity contribution is 14.1. The zero-order valence-corrected chi connectivity index (χ0v) is 11.4. The Balaban J connectivity index is 2.06. The minimum Gasteiger partial charge on any atom is -0.257 e. The summed E-state index contributed by atoms with van der Waals surface area (Å²) in [4.78, 5) is 4.21. The van der Waals surface area contributed by atoms with Crippen LogP contribution in [0.25, 0.3) is 10.9 Å². The summed E-state index contributed by atoms with van der Waals surface area (Å²) >= 11 is 2.30. The second-order valence-electron chi connectivity index (χ2n) is 3.81. The van der Waals surface area contributed by atoms with Crippen molar-refractivity contribution >= 4 is 33.5 Å². The highest BCUT2D eigenvalue weighted by Crippen LogP contribution is 2.17. The monoisotopic (exact) mass is 339 g/mol. The van der Waals surface area contributed by atoms with Crippen LogP contribution in [0.5, 0.6) is 0 Å². The maximum absolute atomic E-state index is 4.38. The van der Waals surface area contributed by atoms with Gasteiger partial charge in [-0.2, -0.15) is 10.2 Å². The molecular weight excluding hydrogens is 329 g/mol. The van der Waals surface area contributed by atoms with Gasteiger partial charge in [0.05, 0.1) is 11.7 Å². The van der Waals surface area contributed by atoms with Gasteiger partial charge in [0.25, 0.3) is 0 Å². The van der Waals surface area contributed by atoms with Crippen LogP contribution < -0.4 is 0 Å². The number of aromatic nitrogens is 5. The zero-order chi connectivity index (χ0) is 11.8. The fourth-order valence-electron chi connectivity index (χ4n) is 1.77. The molecule has 0 saturated heterocycles. The number of nitrogens with zero attached hydrogens (tertiary/aromatic N) is 5. The Morgan fingerprint density at radius 1 is 1.29 bits per heavy atom. The molecule has 86 valence electrons. The van der Waals surface area contributed by atoms with E-state index in [-0.39, 0.29) is 0 Å². The lowest BCUT2D eigenvalue weighted by molar-refractivity contribution is 0.621. The van der Waals surface area contributed by atoms with Crippen LogP contribution in [0.3, 0.4) is 0 Å². The van der Waals surface area contributed by atoms with Crippen molar-refractivity contribution in [1.82, 2.24) is 24.5 Å². The summed E-state index contributed by atoms with van der Waals surface area (Å²) in [6.07, 6.45) is 3.44. The van der Waals surface area contributed by atoms with Crippen molar-refractivity contribution in [1.29, 1.82) is 0 Å². The second-order valence-corrected chi connectivity index (χ2v) is 5.05. The Labute approximate surface area is 112 Å². The van der Waals surface area contributed by atoms with Crippen LogP contribution in [-0.4, -0.2) is 24.5 Å². The van der Waals surface area contributed by atoms with Crippen LogP contribution in [0, 0.1) is 3.57 Å². The van der Waals surface area contributed by atoms with E-state index in [0.29, 0.717) is 6.54 Å². The summed E-state index contributed by atoms with van der Waals surface area (Å²) in [5, 5.41) is 9.59. The van der Waals surface area contributed by atoms with Crippen LogP contribution in [0.15, 0.2) is 30.7 Å². The van der Waals surface area contributed by atoms with Gasteiger partial charge in [-0.25, -0.2) is 4.98 Å². The first-order valence-corrected chi connectivity index (χ1v) is 6.26. The molecule has 0 N–H and O–H groups in total. The summed E-state index contributed by atoms with van der Waals surface area (Å²) in [7, 11) is 1.89. The van der Waals surface area contributed by atoms with E-state index in [1.165, 1.54) is 3.57 Å². The van der Waals surface area contributed by atoms with Gasteiger partial charge in [-0.05, 0) is 34.7 Å². The van der Waals surface area contributed by atoms with E-state index in [9.17, 15) is 0 Å². The Morgan fingerprint density at radius 2 is 2.18 bits per heavy atom. The van der Waals surface area contributed by atoms with E-state index in [2.05, 4.69) is 56.0 Å². The minimum atomic E-state index is 0.639. The first-order chi connectivity index (χ1) is 8.24. The maximum atomic E-state index is 4.38. The topological polar surface area (TPSA) is 48.5 Å². The number of hydrogen-bond acceptors (Lipinski definition) is 3. The highest BCUT2D eigenvalue weighted by Gasteiger charge is 2.06. The van der Waals surface area contributed by atoms with E-state index < -0.39 is 0 Å². The third kappa shape index (κ3) is 1.92. The van der Waals surface area contributed by atoms with Gasteiger partial charge >= 0.3 is 0 Å². The van der Waals surface area contributed by atoms with Gasteiger partial charge in [0.1, 0.15) is 18.7 Å². The van der Waals surface area contributed by atoms with Crippen LogP contribution in [0.4, 0.5) is 0 Å². The molecule has 1 aromatic carbocycles. The summed E-state index contributed by atoms with van der Waals surface area (Å²) in [6.45, 7) is 0.639. The predicted molar refractivity (Wildman–Crippen MR) is 72.6 cm³/mol. The Morgan fingerprint density at radius 3 is 2.94 bits per heavy atom. The molecule has 0 amide bonds. The lowest BCUT2D eigenvalue weighted by Crippen LogP contribution is -2.07. The summed E-state index contributed by atoms with van der Waals surface area (Å²) in [5.41, 5.74) is 1.12. The Kier molecular flexibility index (Phi) is 2.58. The minimum absolute atomic E-state index is 0.639. The molecule has 0 fully saturated rings. The van der Waals surface area contributed by atoms with Gasteiger partial charge in [-0.3, -0.25) is 9.36 Å². The van der Waals surface area contributed by atoms with E-state index in [1.54, 1.807) is 11.0 Å². The Hall–Kier alpha value is -1.44. The van der Waals surface area contributed by atoms with E-state index in [1.807, 2.05) is 17.9 Å². The van der Waals surface area contributed by atoms with Gasteiger partial charge in [-0.1, -0.05) is 6.07 Å². The van der Waals surface area contributed by atoms with Gasteiger partial charge in [0.2, 0.25) is 0 Å². The number of halogens is 1. The summed E-state index contributed by atoms with van der Waals surface area (Å²) in [6, 6.07) is 6.29. The second kappa shape index (κ2) is 4.10. The number of hydrogen-bond donors (Lipinski definition) is 0. The maximum Gasteiger partial charge on any atom is 0.148 e. The average molecular weight is 339 g/mol. The quantitative estimate of drug-likeness (QED) is 0.669. The van der Waals surface area contributed by atoms with Gasteiger partial charge in [0.15, 0.2) is 0 Å². The number of fused-ring (bicyclic) bond motifs is 1. The zero-order valence-electron chi connectivity index (χ0n) is 9.21. The van der Waals surface area contributed by atoms with E-state index in [4.69, 9.17) is 0 Å². The molecule has 3 rings (SSSR count). The molecule has 5 nitrogen and oxygen atoms in total. The van der Waals surface area contributed by atoms with Gasteiger partial charge in [0, 0.05) is 16.0 Å². The molecule has 0 aliphatic carbocycles. The number of aryl methyl sites for hydroxylation is 1. The molecule has 0 aliphatic heterocycles. The fourth-order valence-corrected chi connectivity index (χ4v) is 2.24. The third-order valence-corrected chi connectivity index (χ3v) is 3.37. The molecule has 0 aliphatic rings. The van der Waals surface area contributed by atoms with Crippen molar-refractivity contribution in [2.75, 3.05) is 0 Å². The van der Waals surface area contributed by atoms with E-state index in [0.717, 1.165) is 16.7 Å². The molecule has 0 radical (unpaired) electrons. The van der Waals surface area contributed by atoms with Gasteiger partial charge < -0.3 is 0 Å². The molecule has 0 unspecified atom stereocenters. The first-order valence-electron chi connectivity index (χ1n) is 5.18. The van der Waals surface area contributed by atoms with Crippen molar-refractivity contribution in [2.24, 2.45) is 7.05 Å². The molecular formula is C11H10IN5. The van der Waals surface area contributed by atoms with Crippen LogP contribution in [0.1, 0.15) is 5.82 Å². The lowest BCUT2D eigenvalue weighted by atomic mass is 10.2. The average Bonchev–Trinajstić information content (AvgIpc) is 2.88. The molecule has 2 heterocycles. The van der Waals surface area contributed by atoms with Crippen molar-refractivity contribution in [2.45, 2.75) is 6.54 Å². The molecule has 17 heavy (non-hydrogen) atoms. The fraction of sp³-hybridized carbons (Fsp3) is 0.182. The normalized spacial score (nSPS) is 11.2. The molecule has 6 heteroatoms. The third-order valence-electron chi connectivity index (χ3n) is 2.70. The number of rotatable bonds is 2. The highest BCUT2D eigenvalue weighted by atomic mass is 127. The number of benzene rings is 1. The molecule has 0 saturated carbocycles. The lowest BCUT2D eigenvalue weighted by Gasteiger charge is -2.03. The van der Waals surface area contributed by atoms with E-state index >= 15 is 0 Å². The Bertz CT molecular complexity index is 669. The first kappa shape index (κ1) is 10.7. The summed E-state index contributed by atoms with van der Waals surface area (Å²) in [5.74, 6) is 0.897. The van der Waals surface area contributed by atoms with Gasteiger partial charge in [-0.15, -0.1) is 0 Å². The van der Waals surface area contributed by atoms with Crippen molar-refractivity contribution in [3.05, 3.63) is 40.1 Å². The smallest absolute Gasteiger partial charge is 0.148 e. The standard InChI is InChI=1S/C11H10IN5/c1-16-11(13-7-15-16)6-17-10-4-9(12)3-2-8(10)5-14-17/h2-5,7H,6H2,1H3. The van der Waals surface area contributed by atoms with Crippen molar-refractivity contribution in [3.63, 3.8) is 0 Å². The molecule has 0 atom stereocenters. The van der Waals surface area contributed by atoms with Crippen molar-refractivity contribution in [3.8, 4) is 0 Å². The van der Waals surface area contributed by atoms with Crippen LogP contribution in [-0.2, 0) is 13.6 Å². The molecule has 3 aromatic rings. The molecule has 2 aromatic heterocycles. The molecule has 0 bridgehead atoms. The summed E-state index contributed by atoms with van der Waals surface area (Å²) < 4.78 is 4.91. The SMILES string of the molecule is Cn1ncnc1Cn1ncc2ccc(I)cc21. The predicted octanol–water partition coefficient (Wildman–Crippen LogP) is 1.82. The van der Waals surface area contributed by atoms with Crippen LogP contribution in [0.2, 0.25) is 0 Å². The van der Waals surface area contributed by atoms with Crippen molar-refractivity contribution < 1.29 is 0 Å². The van der Waals surface area contributed by atoms with Crippen LogP contribution >= 0.6 is 22.6 Å². The largest absolute Gasteiger partial charge is 0.257 e. The molecule has 0 spiro atoms.